The van der Waals surface area contributed by atoms with E-state index in [1.807, 2.05) is 5.32 Å². The SMILES string of the molecule is C/C(=C\C(=O)Nc1cc(F)ccc1F)C(=O)O. The van der Waals surface area contributed by atoms with Crippen molar-refractivity contribution in [3.05, 3.63) is 41.5 Å². The second-order valence-corrected chi connectivity index (χ2v) is 3.25. The van der Waals surface area contributed by atoms with Crippen LogP contribution in [0.1, 0.15) is 6.92 Å². The molecule has 1 amide bonds. The maximum atomic E-state index is 13.1. The summed E-state index contributed by atoms with van der Waals surface area (Å²) in [7, 11) is 0. The number of hydrogen-bond acceptors (Lipinski definition) is 2. The number of benzene rings is 1. The van der Waals surface area contributed by atoms with Crippen molar-refractivity contribution in [2.75, 3.05) is 5.32 Å². The predicted molar refractivity (Wildman–Crippen MR) is 56.4 cm³/mol. The Morgan fingerprint density at radius 2 is 2.00 bits per heavy atom. The Kier molecular flexibility index (Phi) is 3.92. The summed E-state index contributed by atoms with van der Waals surface area (Å²) in [6.07, 6.45) is 0.784. The number of aliphatic carboxylic acids is 1. The van der Waals surface area contributed by atoms with E-state index in [0.717, 1.165) is 24.3 Å². The minimum Gasteiger partial charge on any atom is -0.478 e. The van der Waals surface area contributed by atoms with Crippen LogP contribution in [0, 0.1) is 11.6 Å². The van der Waals surface area contributed by atoms with Gasteiger partial charge in [-0.3, -0.25) is 4.79 Å². The molecule has 0 heterocycles. The summed E-state index contributed by atoms with van der Waals surface area (Å²) in [6, 6.07) is 2.57. The summed E-state index contributed by atoms with van der Waals surface area (Å²) in [5, 5.41) is 10.6. The number of carboxylic acids is 1. The first-order chi connectivity index (χ1) is 7.90. The molecule has 17 heavy (non-hydrogen) atoms. The molecule has 0 saturated carbocycles. The number of nitrogens with one attached hydrogen (secondary N) is 1. The highest BCUT2D eigenvalue weighted by Crippen LogP contribution is 2.15. The lowest BCUT2D eigenvalue weighted by Gasteiger charge is -2.04. The molecule has 0 fully saturated rings. The molecule has 2 N–H and O–H groups in total. The maximum absolute atomic E-state index is 13.1. The van der Waals surface area contributed by atoms with Gasteiger partial charge in [0.2, 0.25) is 5.91 Å². The Morgan fingerprint density at radius 3 is 2.59 bits per heavy atom. The summed E-state index contributed by atoms with van der Waals surface area (Å²) < 4.78 is 25.9. The largest absolute Gasteiger partial charge is 0.478 e. The smallest absolute Gasteiger partial charge is 0.331 e. The zero-order chi connectivity index (χ0) is 13.0. The topological polar surface area (TPSA) is 66.4 Å². The molecule has 0 aliphatic carbocycles. The number of amides is 1. The Balaban J connectivity index is 2.85. The van der Waals surface area contributed by atoms with E-state index in [9.17, 15) is 18.4 Å². The predicted octanol–water partition coefficient (Wildman–Crippen LogP) is 1.93. The lowest BCUT2D eigenvalue weighted by molar-refractivity contribution is -0.132. The average Bonchev–Trinajstić information content (AvgIpc) is 2.23. The van der Waals surface area contributed by atoms with Crippen LogP contribution in [0.2, 0.25) is 0 Å². The fourth-order valence-corrected chi connectivity index (χ4v) is 1.02. The molecule has 0 aromatic heterocycles. The molecule has 1 aromatic rings. The van der Waals surface area contributed by atoms with Crippen LogP contribution in [0.3, 0.4) is 0 Å². The first-order valence-electron chi connectivity index (χ1n) is 4.58. The van der Waals surface area contributed by atoms with Crippen LogP contribution in [0.4, 0.5) is 14.5 Å². The van der Waals surface area contributed by atoms with Gasteiger partial charge in [0.25, 0.3) is 0 Å². The molecule has 0 atom stereocenters. The van der Waals surface area contributed by atoms with Crippen molar-refractivity contribution in [2.45, 2.75) is 6.92 Å². The van der Waals surface area contributed by atoms with Crippen LogP contribution in [0.5, 0.6) is 0 Å². The highest BCUT2D eigenvalue weighted by atomic mass is 19.1. The summed E-state index contributed by atoms with van der Waals surface area (Å²) >= 11 is 0. The first kappa shape index (κ1) is 12.8. The Labute approximate surface area is 95.6 Å². The van der Waals surface area contributed by atoms with E-state index in [2.05, 4.69) is 0 Å². The average molecular weight is 241 g/mol. The fourth-order valence-electron chi connectivity index (χ4n) is 1.02. The van der Waals surface area contributed by atoms with Crippen molar-refractivity contribution in [2.24, 2.45) is 0 Å². The van der Waals surface area contributed by atoms with Crippen LogP contribution >= 0.6 is 0 Å². The van der Waals surface area contributed by atoms with Gasteiger partial charge in [-0.25, -0.2) is 13.6 Å². The van der Waals surface area contributed by atoms with Gasteiger partial charge < -0.3 is 10.4 Å². The molecule has 0 unspecified atom stereocenters. The van der Waals surface area contributed by atoms with E-state index in [4.69, 9.17) is 5.11 Å². The minimum absolute atomic E-state index is 0.209. The molecule has 0 bridgehead atoms. The van der Waals surface area contributed by atoms with Gasteiger partial charge in [0.15, 0.2) is 0 Å². The number of rotatable bonds is 3. The molecule has 0 saturated heterocycles. The van der Waals surface area contributed by atoms with Crippen LogP contribution in [0.15, 0.2) is 29.8 Å². The van der Waals surface area contributed by atoms with E-state index in [1.54, 1.807) is 0 Å². The summed E-state index contributed by atoms with van der Waals surface area (Å²) in [5.41, 5.74) is -0.552. The summed E-state index contributed by atoms with van der Waals surface area (Å²) in [4.78, 5) is 21.7. The molecule has 1 aromatic carbocycles. The van der Waals surface area contributed by atoms with E-state index in [-0.39, 0.29) is 11.3 Å². The van der Waals surface area contributed by atoms with Gasteiger partial charge >= 0.3 is 5.97 Å². The molecule has 6 heteroatoms. The maximum Gasteiger partial charge on any atom is 0.331 e. The molecule has 90 valence electrons. The summed E-state index contributed by atoms with van der Waals surface area (Å²) in [6.45, 7) is 1.21. The monoisotopic (exact) mass is 241 g/mol. The molecular formula is C11H9F2NO3. The lowest BCUT2D eigenvalue weighted by Crippen LogP contribution is -2.12. The quantitative estimate of drug-likeness (QED) is 0.794. The normalized spacial score (nSPS) is 11.1. The van der Waals surface area contributed by atoms with Gasteiger partial charge in [0, 0.05) is 17.7 Å². The van der Waals surface area contributed by atoms with Crippen molar-refractivity contribution in [1.29, 1.82) is 0 Å². The zero-order valence-corrected chi connectivity index (χ0v) is 8.83. The highest BCUT2D eigenvalue weighted by Gasteiger charge is 2.08. The second-order valence-electron chi connectivity index (χ2n) is 3.25. The van der Waals surface area contributed by atoms with Crippen molar-refractivity contribution in [3.8, 4) is 0 Å². The number of carboxylic acid groups (broad SMARTS) is 1. The number of hydrogen-bond donors (Lipinski definition) is 2. The summed E-state index contributed by atoms with van der Waals surface area (Å²) in [5.74, 6) is -3.61. The Bertz CT molecular complexity index is 497. The van der Waals surface area contributed by atoms with Gasteiger partial charge in [0.1, 0.15) is 11.6 Å². The van der Waals surface area contributed by atoms with E-state index in [0.29, 0.717) is 0 Å². The molecule has 4 nitrogen and oxygen atoms in total. The number of carbonyl (C=O) groups is 2. The Morgan fingerprint density at radius 1 is 1.35 bits per heavy atom. The third-order valence-corrected chi connectivity index (χ3v) is 1.87. The Hall–Kier alpha value is -2.24. The number of anilines is 1. The molecular weight excluding hydrogens is 232 g/mol. The van der Waals surface area contributed by atoms with E-state index < -0.39 is 23.5 Å². The molecule has 0 aliphatic rings. The van der Waals surface area contributed by atoms with Gasteiger partial charge in [-0.1, -0.05) is 0 Å². The third-order valence-electron chi connectivity index (χ3n) is 1.87. The van der Waals surface area contributed by atoms with Crippen LogP contribution in [0.25, 0.3) is 0 Å². The van der Waals surface area contributed by atoms with Crippen molar-refractivity contribution >= 4 is 17.6 Å². The van der Waals surface area contributed by atoms with Gasteiger partial charge in [-0.2, -0.15) is 0 Å². The molecule has 0 aliphatic heterocycles. The third kappa shape index (κ3) is 3.67. The van der Waals surface area contributed by atoms with Crippen molar-refractivity contribution < 1.29 is 23.5 Å². The van der Waals surface area contributed by atoms with E-state index >= 15 is 0 Å². The fraction of sp³-hybridized carbons (Fsp3) is 0.0909. The van der Waals surface area contributed by atoms with Crippen LogP contribution < -0.4 is 5.32 Å². The van der Waals surface area contributed by atoms with Crippen molar-refractivity contribution in [1.82, 2.24) is 0 Å². The zero-order valence-electron chi connectivity index (χ0n) is 8.83. The van der Waals surface area contributed by atoms with Gasteiger partial charge in [0.05, 0.1) is 5.69 Å². The van der Waals surface area contributed by atoms with Gasteiger partial charge in [-0.05, 0) is 19.1 Å². The number of carbonyl (C=O) groups excluding carboxylic acids is 1. The second kappa shape index (κ2) is 5.20. The minimum atomic E-state index is -1.26. The van der Waals surface area contributed by atoms with Crippen molar-refractivity contribution in [3.63, 3.8) is 0 Å². The van der Waals surface area contributed by atoms with Crippen LogP contribution in [-0.4, -0.2) is 17.0 Å². The van der Waals surface area contributed by atoms with E-state index in [1.165, 1.54) is 6.92 Å². The molecule has 0 radical (unpaired) electrons. The highest BCUT2D eigenvalue weighted by molar-refractivity contribution is 6.04. The first-order valence-corrected chi connectivity index (χ1v) is 4.58. The van der Waals surface area contributed by atoms with Gasteiger partial charge in [-0.15, -0.1) is 0 Å². The standard InChI is InChI=1S/C11H9F2NO3/c1-6(11(16)17)4-10(15)14-9-5-7(12)2-3-8(9)13/h2-5H,1H3,(H,14,15)(H,16,17)/b6-4+. The van der Waals surface area contributed by atoms with Crippen LogP contribution in [-0.2, 0) is 9.59 Å². The number of halogens is 2. The lowest BCUT2D eigenvalue weighted by atomic mass is 10.2. The molecule has 0 spiro atoms. The molecule has 1 rings (SSSR count).